The number of nitrogens with one attached hydrogen (secondary N) is 1. The van der Waals surface area contributed by atoms with Crippen LogP contribution in [0.15, 0.2) is 42.5 Å². The average Bonchev–Trinajstić information content (AvgIpc) is 2.39. The molecule has 0 aromatic heterocycles. The lowest BCUT2D eigenvalue weighted by molar-refractivity contribution is -0.136. The maximum Gasteiger partial charge on any atom is 0.418 e. The Morgan fingerprint density at radius 1 is 1.05 bits per heavy atom. The topological polar surface area (TPSA) is 38.0 Å². The second kappa shape index (κ2) is 6.03. The van der Waals surface area contributed by atoms with Gasteiger partial charge in [-0.3, -0.25) is 0 Å². The Balaban J connectivity index is 2.07. The number of hydrogen-bond donors (Lipinski definition) is 2. The van der Waals surface area contributed by atoms with E-state index >= 15 is 0 Å². The molecule has 0 aliphatic rings. The van der Waals surface area contributed by atoms with E-state index in [1.54, 1.807) is 12.1 Å². The first-order chi connectivity index (χ1) is 9.86. The molecule has 2 aromatic carbocycles. The molecule has 2 rings (SSSR count). The van der Waals surface area contributed by atoms with Crippen molar-refractivity contribution in [1.82, 2.24) is 0 Å². The third-order valence-corrected chi connectivity index (χ3v) is 2.97. The van der Waals surface area contributed by atoms with Gasteiger partial charge in [-0.25, -0.2) is 4.39 Å². The molecule has 0 amide bonds. The third kappa shape index (κ3) is 4.11. The van der Waals surface area contributed by atoms with Crippen molar-refractivity contribution in [1.29, 1.82) is 0 Å². The van der Waals surface area contributed by atoms with Gasteiger partial charge in [0.25, 0.3) is 0 Å². The molecule has 0 radical (unpaired) electrons. The van der Waals surface area contributed by atoms with Gasteiger partial charge in [-0.05, 0) is 42.3 Å². The minimum atomic E-state index is -4.48. The number of anilines is 2. The molecular weight excluding hydrogens is 284 g/mol. The Morgan fingerprint density at radius 2 is 1.81 bits per heavy atom. The summed E-state index contributed by atoms with van der Waals surface area (Å²) in [5, 5.41) is 2.72. The molecule has 3 N–H and O–H groups in total. The minimum Gasteiger partial charge on any atom is -0.399 e. The predicted octanol–water partition coefficient (Wildman–Crippen LogP) is 4.08. The second-order valence-corrected chi connectivity index (χ2v) is 4.61. The van der Waals surface area contributed by atoms with E-state index in [2.05, 4.69) is 5.32 Å². The normalized spacial score (nSPS) is 11.4. The zero-order valence-corrected chi connectivity index (χ0v) is 11.0. The summed E-state index contributed by atoms with van der Waals surface area (Å²) in [6.45, 7) is 0.260. The molecule has 0 unspecified atom stereocenters. The molecule has 2 aromatic rings. The van der Waals surface area contributed by atoms with Crippen molar-refractivity contribution >= 4 is 11.4 Å². The summed E-state index contributed by atoms with van der Waals surface area (Å²) in [6.07, 6.45) is -4.06. The van der Waals surface area contributed by atoms with E-state index in [1.807, 2.05) is 0 Å². The van der Waals surface area contributed by atoms with E-state index in [1.165, 1.54) is 24.3 Å². The summed E-state index contributed by atoms with van der Waals surface area (Å²) < 4.78 is 51.7. The van der Waals surface area contributed by atoms with Gasteiger partial charge in [0, 0.05) is 17.9 Å². The number of halogens is 4. The fourth-order valence-corrected chi connectivity index (χ4v) is 1.98. The van der Waals surface area contributed by atoms with Crippen LogP contribution in [0.4, 0.5) is 28.9 Å². The number of nitrogens with two attached hydrogens (primary N) is 1. The number of hydrogen-bond acceptors (Lipinski definition) is 2. The van der Waals surface area contributed by atoms with Crippen LogP contribution in [-0.2, 0) is 12.6 Å². The van der Waals surface area contributed by atoms with Crippen molar-refractivity contribution in [3.63, 3.8) is 0 Å². The Hall–Kier alpha value is -2.24. The first kappa shape index (κ1) is 15.2. The summed E-state index contributed by atoms with van der Waals surface area (Å²) in [6, 6.07) is 9.55. The maximum absolute atomic E-state index is 13.0. The van der Waals surface area contributed by atoms with Crippen LogP contribution in [0.5, 0.6) is 0 Å². The SMILES string of the molecule is Nc1ccc(NCCc2cccc(F)c2)c(C(F)(F)F)c1. The van der Waals surface area contributed by atoms with Crippen LogP contribution in [0.3, 0.4) is 0 Å². The molecule has 0 bridgehead atoms. The van der Waals surface area contributed by atoms with Crippen LogP contribution in [-0.4, -0.2) is 6.54 Å². The lowest BCUT2D eigenvalue weighted by atomic mass is 10.1. The van der Waals surface area contributed by atoms with Gasteiger partial charge in [0.15, 0.2) is 0 Å². The van der Waals surface area contributed by atoms with E-state index < -0.39 is 11.7 Å². The van der Waals surface area contributed by atoms with Crippen molar-refractivity contribution in [2.45, 2.75) is 12.6 Å². The van der Waals surface area contributed by atoms with Crippen LogP contribution < -0.4 is 11.1 Å². The van der Waals surface area contributed by atoms with Crippen molar-refractivity contribution < 1.29 is 17.6 Å². The van der Waals surface area contributed by atoms with Crippen molar-refractivity contribution in [3.8, 4) is 0 Å². The summed E-state index contributed by atoms with van der Waals surface area (Å²) >= 11 is 0. The van der Waals surface area contributed by atoms with Gasteiger partial charge in [-0.15, -0.1) is 0 Å². The van der Waals surface area contributed by atoms with Gasteiger partial charge in [-0.1, -0.05) is 12.1 Å². The number of nitrogen functional groups attached to an aromatic ring is 1. The first-order valence-corrected chi connectivity index (χ1v) is 6.31. The monoisotopic (exact) mass is 298 g/mol. The number of benzene rings is 2. The first-order valence-electron chi connectivity index (χ1n) is 6.31. The molecule has 112 valence electrons. The number of alkyl halides is 3. The van der Waals surface area contributed by atoms with E-state index in [9.17, 15) is 17.6 Å². The van der Waals surface area contributed by atoms with E-state index in [0.29, 0.717) is 12.0 Å². The van der Waals surface area contributed by atoms with Crippen LogP contribution in [0, 0.1) is 5.82 Å². The molecule has 6 heteroatoms. The van der Waals surface area contributed by atoms with Gasteiger partial charge in [0.05, 0.1) is 5.56 Å². The van der Waals surface area contributed by atoms with Crippen molar-refractivity contribution in [3.05, 3.63) is 59.4 Å². The van der Waals surface area contributed by atoms with E-state index in [-0.39, 0.29) is 23.7 Å². The fourth-order valence-electron chi connectivity index (χ4n) is 1.98. The van der Waals surface area contributed by atoms with Gasteiger partial charge < -0.3 is 11.1 Å². The van der Waals surface area contributed by atoms with Gasteiger partial charge >= 0.3 is 6.18 Å². The highest BCUT2D eigenvalue weighted by Gasteiger charge is 2.33. The summed E-state index contributed by atoms with van der Waals surface area (Å²) in [7, 11) is 0. The van der Waals surface area contributed by atoms with E-state index in [0.717, 1.165) is 6.07 Å². The standard InChI is InChI=1S/C15H14F4N2/c16-11-3-1-2-10(8-11)6-7-21-14-5-4-12(20)9-13(14)15(17,18)19/h1-5,8-9,21H,6-7,20H2. The molecule has 0 aliphatic heterocycles. The smallest absolute Gasteiger partial charge is 0.399 e. The molecule has 0 saturated heterocycles. The summed E-state index contributed by atoms with van der Waals surface area (Å²) in [4.78, 5) is 0. The van der Waals surface area contributed by atoms with Crippen LogP contribution in [0.25, 0.3) is 0 Å². The number of rotatable bonds is 4. The molecule has 21 heavy (non-hydrogen) atoms. The highest BCUT2D eigenvalue weighted by atomic mass is 19.4. The molecule has 0 saturated carbocycles. The maximum atomic E-state index is 13.0. The lowest BCUT2D eigenvalue weighted by Gasteiger charge is -2.15. The molecule has 0 spiro atoms. The Bertz CT molecular complexity index is 623. The Kier molecular flexibility index (Phi) is 4.35. The quantitative estimate of drug-likeness (QED) is 0.659. The average molecular weight is 298 g/mol. The zero-order valence-electron chi connectivity index (χ0n) is 11.0. The van der Waals surface area contributed by atoms with Crippen molar-refractivity contribution in [2.24, 2.45) is 0 Å². The van der Waals surface area contributed by atoms with Crippen LogP contribution >= 0.6 is 0 Å². The molecule has 0 atom stereocenters. The zero-order chi connectivity index (χ0) is 15.5. The molecule has 2 nitrogen and oxygen atoms in total. The molecule has 0 aliphatic carbocycles. The van der Waals surface area contributed by atoms with Crippen molar-refractivity contribution in [2.75, 3.05) is 17.6 Å². The van der Waals surface area contributed by atoms with Gasteiger partial charge in [0.1, 0.15) is 5.82 Å². The fraction of sp³-hybridized carbons (Fsp3) is 0.200. The Morgan fingerprint density at radius 3 is 2.48 bits per heavy atom. The highest BCUT2D eigenvalue weighted by molar-refractivity contribution is 5.59. The predicted molar refractivity (Wildman–Crippen MR) is 74.5 cm³/mol. The highest BCUT2D eigenvalue weighted by Crippen LogP contribution is 2.36. The third-order valence-electron chi connectivity index (χ3n) is 2.97. The van der Waals surface area contributed by atoms with Crippen LogP contribution in [0.1, 0.15) is 11.1 Å². The van der Waals surface area contributed by atoms with Crippen LogP contribution in [0.2, 0.25) is 0 Å². The lowest BCUT2D eigenvalue weighted by Crippen LogP contribution is -2.13. The van der Waals surface area contributed by atoms with E-state index in [4.69, 9.17) is 5.73 Å². The summed E-state index contributed by atoms with van der Waals surface area (Å²) in [5.41, 5.74) is 5.32. The summed E-state index contributed by atoms with van der Waals surface area (Å²) in [5.74, 6) is -0.365. The molecule has 0 heterocycles. The molecule has 0 fully saturated rings. The van der Waals surface area contributed by atoms with Gasteiger partial charge in [0.2, 0.25) is 0 Å². The Labute approximate surface area is 119 Å². The molecular formula is C15H14F4N2. The largest absolute Gasteiger partial charge is 0.418 e. The van der Waals surface area contributed by atoms with Gasteiger partial charge in [-0.2, -0.15) is 13.2 Å². The minimum absolute atomic E-state index is 0.0342. The second-order valence-electron chi connectivity index (χ2n) is 4.61.